The van der Waals surface area contributed by atoms with Crippen LogP contribution in [0.2, 0.25) is 0 Å². The van der Waals surface area contributed by atoms with Gasteiger partial charge in [0.1, 0.15) is 18.5 Å². The van der Waals surface area contributed by atoms with Gasteiger partial charge in [0, 0.05) is 0 Å². The van der Waals surface area contributed by atoms with E-state index < -0.39 is 6.10 Å². The summed E-state index contributed by atoms with van der Waals surface area (Å²) < 4.78 is 5.47. The number of hydrogen-bond donors (Lipinski definition) is 1. The number of carbonyl (C=O) groups is 1. The molecule has 0 unspecified atom stereocenters. The third-order valence-corrected chi connectivity index (χ3v) is 2.77. The Balaban J connectivity index is 1.91. The molecule has 2 rings (SSSR count). The quantitative estimate of drug-likeness (QED) is 0.864. The van der Waals surface area contributed by atoms with Crippen LogP contribution in [0.1, 0.15) is 11.1 Å². The number of β-amino-alcohol motifs (C(OH)–C–C–N with tert-alkyl or cyclic N) is 1. The first-order chi connectivity index (χ1) is 8.56. The minimum atomic E-state index is -0.602. The van der Waals surface area contributed by atoms with Gasteiger partial charge < -0.3 is 9.84 Å². The van der Waals surface area contributed by atoms with Gasteiger partial charge in [0.05, 0.1) is 6.54 Å². The smallest absolute Gasteiger partial charge is 0.284 e. The van der Waals surface area contributed by atoms with Crippen LogP contribution in [-0.2, 0) is 9.63 Å². The highest BCUT2D eigenvalue weighted by Gasteiger charge is 2.26. The Morgan fingerprint density at radius 3 is 3.00 bits per heavy atom. The van der Waals surface area contributed by atoms with Crippen LogP contribution in [-0.4, -0.2) is 41.9 Å². The highest BCUT2D eigenvalue weighted by Crippen LogP contribution is 2.19. The average molecular weight is 251 g/mol. The summed E-state index contributed by atoms with van der Waals surface area (Å²) >= 11 is 0. The lowest BCUT2D eigenvalue weighted by Gasteiger charge is -2.15. The number of aryl methyl sites for hydroxylation is 2. The van der Waals surface area contributed by atoms with Crippen LogP contribution in [0.25, 0.3) is 0 Å². The highest BCUT2D eigenvalue weighted by molar-refractivity contribution is 5.77. The van der Waals surface area contributed by atoms with Gasteiger partial charge in [-0.3, -0.25) is 9.63 Å². The van der Waals surface area contributed by atoms with Gasteiger partial charge in [-0.15, -0.1) is 0 Å². The Bertz CT molecular complexity index is 447. The molecule has 0 spiro atoms. The van der Waals surface area contributed by atoms with E-state index in [0.717, 1.165) is 16.2 Å². The summed E-state index contributed by atoms with van der Waals surface area (Å²) in [6.07, 6.45) is -0.602. The number of aliphatic hydroxyl groups is 1. The topological polar surface area (TPSA) is 59.0 Å². The van der Waals surface area contributed by atoms with Crippen molar-refractivity contribution in [3.05, 3.63) is 29.3 Å². The first kappa shape index (κ1) is 12.9. The zero-order valence-corrected chi connectivity index (χ0v) is 10.5. The summed E-state index contributed by atoms with van der Waals surface area (Å²) in [6, 6.07) is 5.83. The number of hydrogen-bond acceptors (Lipinski definition) is 4. The number of ether oxygens (including phenoxy) is 1. The maximum Gasteiger partial charge on any atom is 0.284 e. The first-order valence-corrected chi connectivity index (χ1v) is 5.87. The fourth-order valence-corrected chi connectivity index (χ4v) is 1.72. The fourth-order valence-electron chi connectivity index (χ4n) is 1.72. The zero-order valence-electron chi connectivity index (χ0n) is 10.5. The van der Waals surface area contributed by atoms with Gasteiger partial charge in [0.25, 0.3) is 5.91 Å². The van der Waals surface area contributed by atoms with Crippen LogP contribution >= 0.6 is 0 Å². The SMILES string of the molecule is Cc1ccc(C)c(OCC(=O)N2C[C@H](O)CO2)c1. The van der Waals surface area contributed by atoms with Crippen molar-refractivity contribution in [3.8, 4) is 5.75 Å². The summed E-state index contributed by atoms with van der Waals surface area (Å²) in [5, 5.41) is 10.4. The van der Waals surface area contributed by atoms with E-state index in [0.29, 0.717) is 5.75 Å². The molecular formula is C13H17NO4. The van der Waals surface area contributed by atoms with E-state index in [1.807, 2.05) is 32.0 Å². The van der Waals surface area contributed by atoms with E-state index in [1.54, 1.807) is 0 Å². The number of carbonyl (C=O) groups excluding carboxylic acids is 1. The Kier molecular flexibility index (Phi) is 3.84. The molecule has 5 nitrogen and oxygen atoms in total. The summed E-state index contributed by atoms with van der Waals surface area (Å²) in [5.74, 6) is 0.413. The summed E-state index contributed by atoms with van der Waals surface area (Å²) in [6.45, 7) is 4.17. The number of amides is 1. The molecule has 1 atom stereocenters. The van der Waals surface area contributed by atoms with Gasteiger partial charge in [-0.05, 0) is 31.0 Å². The van der Waals surface area contributed by atoms with Gasteiger partial charge in [-0.1, -0.05) is 12.1 Å². The number of benzene rings is 1. The number of hydroxylamine groups is 2. The molecule has 1 amide bonds. The molecule has 0 bridgehead atoms. The second kappa shape index (κ2) is 5.37. The Hall–Kier alpha value is -1.59. The monoisotopic (exact) mass is 251 g/mol. The Labute approximate surface area is 106 Å². The van der Waals surface area contributed by atoms with Crippen molar-refractivity contribution in [1.29, 1.82) is 0 Å². The fraction of sp³-hybridized carbons (Fsp3) is 0.462. The molecule has 0 radical (unpaired) electrons. The molecule has 1 saturated heterocycles. The predicted octanol–water partition coefficient (Wildman–Crippen LogP) is 0.817. The van der Waals surface area contributed by atoms with E-state index in [9.17, 15) is 9.90 Å². The van der Waals surface area contributed by atoms with Crippen molar-refractivity contribution in [2.75, 3.05) is 19.8 Å². The highest BCUT2D eigenvalue weighted by atomic mass is 16.7. The first-order valence-electron chi connectivity index (χ1n) is 5.87. The molecule has 1 fully saturated rings. The number of rotatable bonds is 3. The standard InChI is InChI=1S/C13H17NO4/c1-9-3-4-10(2)12(5-9)17-8-13(16)14-6-11(15)7-18-14/h3-5,11,15H,6-8H2,1-2H3/t11-/m0/s1. The van der Waals surface area contributed by atoms with Gasteiger partial charge in [0.2, 0.25) is 0 Å². The van der Waals surface area contributed by atoms with Crippen LogP contribution in [0.4, 0.5) is 0 Å². The average Bonchev–Trinajstić information content (AvgIpc) is 2.77. The molecule has 1 heterocycles. The minimum Gasteiger partial charge on any atom is -0.483 e. The van der Waals surface area contributed by atoms with Crippen molar-refractivity contribution in [2.45, 2.75) is 20.0 Å². The van der Waals surface area contributed by atoms with E-state index in [4.69, 9.17) is 9.57 Å². The van der Waals surface area contributed by atoms with Crippen molar-refractivity contribution in [2.24, 2.45) is 0 Å². The molecule has 0 aliphatic carbocycles. The lowest BCUT2D eigenvalue weighted by Crippen LogP contribution is -2.32. The van der Waals surface area contributed by atoms with Gasteiger partial charge in [-0.2, -0.15) is 0 Å². The second-order valence-electron chi connectivity index (χ2n) is 4.46. The normalized spacial score (nSPS) is 19.1. The summed E-state index contributed by atoms with van der Waals surface area (Å²) in [7, 11) is 0. The Morgan fingerprint density at radius 2 is 2.33 bits per heavy atom. The molecule has 1 aromatic carbocycles. The maximum atomic E-state index is 11.7. The molecule has 1 aromatic rings. The molecular weight excluding hydrogens is 234 g/mol. The molecule has 1 aliphatic heterocycles. The molecule has 0 saturated carbocycles. The molecule has 18 heavy (non-hydrogen) atoms. The van der Waals surface area contributed by atoms with E-state index in [1.165, 1.54) is 0 Å². The Morgan fingerprint density at radius 1 is 1.56 bits per heavy atom. The van der Waals surface area contributed by atoms with Gasteiger partial charge in [-0.25, -0.2) is 5.06 Å². The van der Waals surface area contributed by atoms with Crippen LogP contribution in [0, 0.1) is 13.8 Å². The molecule has 1 N–H and O–H groups in total. The lowest BCUT2D eigenvalue weighted by molar-refractivity contribution is -0.170. The largest absolute Gasteiger partial charge is 0.483 e. The van der Waals surface area contributed by atoms with E-state index in [-0.39, 0.29) is 25.7 Å². The molecule has 98 valence electrons. The van der Waals surface area contributed by atoms with Crippen LogP contribution < -0.4 is 4.74 Å². The van der Waals surface area contributed by atoms with Crippen LogP contribution in [0.15, 0.2) is 18.2 Å². The van der Waals surface area contributed by atoms with Crippen molar-refractivity contribution in [3.63, 3.8) is 0 Å². The van der Waals surface area contributed by atoms with Crippen LogP contribution in [0.5, 0.6) is 5.75 Å². The second-order valence-corrected chi connectivity index (χ2v) is 4.46. The number of nitrogens with zero attached hydrogens (tertiary/aromatic N) is 1. The lowest BCUT2D eigenvalue weighted by atomic mass is 10.1. The van der Waals surface area contributed by atoms with E-state index >= 15 is 0 Å². The minimum absolute atomic E-state index is 0.0863. The summed E-state index contributed by atoms with van der Waals surface area (Å²) in [5.41, 5.74) is 2.06. The van der Waals surface area contributed by atoms with Crippen molar-refractivity contribution < 1.29 is 19.5 Å². The van der Waals surface area contributed by atoms with Gasteiger partial charge >= 0.3 is 0 Å². The molecule has 0 aromatic heterocycles. The van der Waals surface area contributed by atoms with Crippen molar-refractivity contribution >= 4 is 5.91 Å². The maximum absolute atomic E-state index is 11.7. The predicted molar refractivity (Wildman–Crippen MR) is 65.1 cm³/mol. The van der Waals surface area contributed by atoms with E-state index in [2.05, 4.69) is 0 Å². The zero-order chi connectivity index (χ0) is 13.1. The van der Waals surface area contributed by atoms with Crippen molar-refractivity contribution in [1.82, 2.24) is 5.06 Å². The number of aliphatic hydroxyl groups excluding tert-OH is 1. The third-order valence-electron chi connectivity index (χ3n) is 2.77. The molecule has 1 aliphatic rings. The van der Waals surface area contributed by atoms with Crippen LogP contribution in [0.3, 0.4) is 0 Å². The third kappa shape index (κ3) is 3.00. The van der Waals surface area contributed by atoms with Gasteiger partial charge in [0.15, 0.2) is 6.61 Å². The summed E-state index contributed by atoms with van der Waals surface area (Å²) in [4.78, 5) is 16.7. The molecule has 5 heteroatoms.